The maximum atomic E-state index is 11.7. The molecule has 2 aromatic carbocycles. The molecule has 0 heterocycles. The average Bonchev–Trinajstić information content (AvgIpc) is 2.48. The van der Waals surface area contributed by atoms with Gasteiger partial charge in [-0.25, -0.2) is 4.79 Å². The molecule has 0 amide bonds. The summed E-state index contributed by atoms with van der Waals surface area (Å²) < 4.78 is 5.09. The molecule has 106 valence electrons. The van der Waals surface area contributed by atoms with Gasteiger partial charge in [0.2, 0.25) is 0 Å². The second-order valence-electron chi connectivity index (χ2n) is 4.08. The van der Waals surface area contributed by atoms with Gasteiger partial charge in [0.1, 0.15) is 5.75 Å². The average molecular weight is 321 g/mol. The molecule has 2 rings (SSSR count). The molecule has 0 aliphatic carbocycles. The maximum absolute atomic E-state index is 11.7. The van der Waals surface area contributed by atoms with Gasteiger partial charge in [-0.3, -0.25) is 4.79 Å². The summed E-state index contributed by atoms with van der Waals surface area (Å²) in [5, 5.41) is 0.921. The van der Waals surface area contributed by atoms with E-state index < -0.39 is 5.97 Å². The molecule has 0 aliphatic rings. The largest absolute Gasteiger partial charge is 0.423 e. The Hall–Kier alpha value is -2.10. The molecule has 0 bridgehead atoms. The molecule has 0 fully saturated rings. The first-order valence-electron chi connectivity index (χ1n) is 5.99. The van der Waals surface area contributed by atoms with E-state index in [4.69, 9.17) is 27.9 Å². The van der Waals surface area contributed by atoms with Crippen LogP contribution in [0.3, 0.4) is 0 Å². The van der Waals surface area contributed by atoms with E-state index in [0.29, 0.717) is 21.9 Å². The smallest absolute Gasteiger partial charge is 0.336 e. The van der Waals surface area contributed by atoms with Crippen LogP contribution in [0.5, 0.6) is 5.75 Å². The topological polar surface area (TPSA) is 43.4 Å². The van der Waals surface area contributed by atoms with Crippen LogP contribution in [0.4, 0.5) is 0 Å². The van der Waals surface area contributed by atoms with Crippen molar-refractivity contribution < 1.29 is 14.3 Å². The summed E-state index contributed by atoms with van der Waals surface area (Å²) in [6.07, 6.45) is 3.36. The predicted octanol–water partition coefficient (Wildman–Crippen LogP) is 4.42. The molecular weight excluding hydrogens is 311 g/mol. The number of esters is 1. The van der Waals surface area contributed by atoms with E-state index in [1.54, 1.807) is 30.3 Å². The van der Waals surface area contributed by atoms with Crippen LogP contribution in [0, 0.1) is 0 Å². The van der Waals surface area contributed by atoms with Crippen molar-refractivity contribution >= 4 is 41.5 Å². The van der Waals surface area contributed by atoms with Crippen LogP contribution in [-0.4, -0.2) is 12.3 Å². The van der Waals surface area contributed by atoms with E-state index in [1.165, 1.54) is 24.3 Å². The summed E-state index contributed by atoms with van der Waals surface area (Å²) >= 11 is 11.7. The summed E-state index contributed by atoms with van der Waals surface area (Å²) in [5.41, 5.74) is 0.907. The van der Waals surface area contributed by atoms with Crippen LogP contribution < -0.4 is 4.74 Å². The Morgan fingerprint density at radius 2 is 1.81 bits per heavy atom. The van der Waals surface area contributed by atoms with Gasteiger partial charge in [-0.2, -0.15) is 0 Å². The third-order valence-electron chi connectivity index (χ3n) is 2.61. The van der Waals surface area contributed by atoms with Crippen molar-refractivity contribution in [3.05, 3.63) is 69.7 Å². The van der Waals surface area contributed by atoms with Crippen LogP contribution in [0.15, 0.2) is 48.5 Å². The van der Waals surface area contributed by atoms with E-state index in [0.717, 1.165) is 0 Å². The highest BCUT2D eigenvalue weighted by Crippen LogP contribution is 2.22. The zero-order valence-corrected chi connectivity index (χ0v) is 12.3. The lowest BCUT2D eigenvalue weighted by Gasteiger charge is -2.04. The molecule has 21 heavy (non-hydrogen) atoms. The Bertz CT molecular complexity index is 708. The normalized spacial score (nSPS) is 10.6. The molecule has 3 nitrogen and oxygen atoms in total. The Morgan fingerprint density at radius 1 is 1.05 bits per heavy atom. The fourth-order valence-electron chi connectivity index (χ4n) is 1.61. The number of hydrogen-bond acceptors (Lipinski definition) is 3. The van der Waals surface area contributed by atoms with Crippen molar-refractivity contribution in [3.63, 3.8) is 0 Å². The first-order valence-corrected chi connectivity index (χ1v) is 6.75. The van der Waals surface area contributed by atoms with Gasteiger partial charge in [0.25, 0.3) is 0 Å². The van der Waals surface area contributed by atoms with E-state index in [9.17, 15) is 9.59 Å². The van der Waals surface area contributed by atoms with Crippen molar-refractivity contribution in [1.82, 2.24) is 0 Å². The van der Waals surface area contributed by atoms with Gasteiger partial charge in [0, 0.05) is 16.1 Å². The third kappa shape index (κ3) is 4.18. The maximum Gasteiger partial charge on any atom is 0.336 e. The quantitative estimate of drug-likeness (QED) is 0.362. The third-order valence-corrected chi connectivity index (χ3v) is 3.19. The van der Waals surface area contributed by atoms with Gasteiger partial charge in [0.05, 0.1) is 5.56 Å². The number of halogens is 2. The first kappa shape index (κ1) is 15.3. The zero-order chi connectivity index (χ0) is 15.2. The van der Waals surface area contributed by atoms with Gasteiger partial charge in [0.15, 0.2) is 6.29 Å². The Morgan fingerprint density at radius 3 is 2.52 bits per heavy atom. The monoisotopic (exact) mass is 320 g/mol. The van der Waals surface area contributed by atoms with Gasteiger partial charge in [-0.05, 0) is 35.9 Å². The number of carbonyl (C=O) groups is 2. The zero-order valence-electron chi connectivity index (χ0n) is 10.8. The van der Waals surface area contributed by atoms with Crippen LogP contribution in [0.25, 0.3) is 6.08 Å². The Labute approximate surface area is 131 Å². The molecule has 0 saturated heterocycles. The second kappa shape index (κ2) is 7.07. The molecule has 0 aliphatic heterocycles. The minimum absolute atomic E-state index is 0.156. The Kier molecular flexibility index (Phi) is 5.14. The SMILES string of the molecule is O=Cc1cc(Cl)ccc1OC(=O)/C=C/c1ccccc1Cl. The van der Waals surface area contributed by atoms with Crippen LogP contribution in [-0.2, 0) is 4.79 Å². The number of ether oxygens (including phenoxy) is 1. The molecule has 0 unspecified atom stereocenters. The summed E-state index contributed by atoms with van der Waals surface area (Å²) in [5.74, 6) is -0.455. The van der Waals surface area contributed by atoms with E-state index in [-0.39, 0.29) is 11.3 Å². The lowest BCUT2D eigenvalue weighted by Crippen LogP contribution is -2.05. The van der Waals surface area contributed by atoms with Crippen LogP contribution in [0.2, 0.25) is 10.0 Å². The highest BCUT2D eigenvalue weighted by atomic mass is 35.5. The van der Waals surface area contributed by atoms with E-state index >= 15 is 0 Å². The van der Waals surface area contributed by atoms with Crippen molar-refractivity contribution in [2.24, 2.45) is 0 Å². The van der Waals surface area contributed by atoms with Crippen molar-refractivity contribution in [2.75, 3.05) is 0 Å². The lowest BCUT2D eigenvalue weighted by atomic mass is 10.2. The van der Waals surface area contributed by atoms with Crippen LogP contribution in [0.1, 0.15) is 15.9 Å². The van der Waals surface area contributed by atoms with Gasteiger partial charge in [-0.1, -0.05) is 41.4 Å². The fourth-order valence-corrected chi connectivity index (χ4v) is 1.99. The molecule has 0 aromatic heterocycles. The number of rotatable bonds is 4. The highest BCUT2D eigenvalue weighted by Gasteiger charge is 2.07. The fraction of sp³-hybridized carbons (Fsp3) is 0. The summed E-state index contributed by atoms with van der Waals surface area (Å²) in [6, 6.07) is 11.5. The van der Waals surface area contributed by atoms with Gasteiger partial charge < -0.3 is 4.74 Å². The van der Waals surface area contributed by atoms with E-state index in [1.807, 2.05) is 0 Å². The van der Waals surface area contributed by atoms with Gasteiger partial charge >= 0.3 is 5.97 Å². The van der Waals surface area contributed by atoms with Crippen molar-refractivity contribution in [1.29, 1.82) is 0 Å². The molecule has 0 saturated carbocycles. The summed E-state index contributed by atoms with van der Waals surface area (Å²) in [6.45, 7) is 0. The van der Waals surface area contributed by atoms with Gasteiger partial charge in [-0.15, -0.1) is 0 Å². The first-order chi connectivity index (χ1) is 10.1. The Balaban J connectivity index is 2.12. The molecule has 2 aromatic rings. The number of hydrogen-bond donors (Lipinski definition) is 0. The lowest BCUT2D eigenvalue weighted by molar-refractivity contribution is -0.128. The van der Waals surface area contributed by atoms with Crippen molar-refractivity contribution in [3.8, 4) is 5.75 Å². The molecule has 0 atom stereocenters. The minimum Gasteiger partial charge on any atom is -0.423 e. The number of aldehydes is 1. The predicted molar refractivity (Wildman–Crippen MR) is 83.0 cm³/mol. The number of benzene rings is 2. The highest BCUT2D eigenvalue weighted by molar-refractivity contribution is 6.32. The molecular formula is C16H10Cl2O3. The number of carbonyl (C=O) groups excluding carboxylic acids is 2. The molecule has 5 heteroatoms. The van der Waals surface area contributed by atoms with Crippen LogP contribution >= 0.6 is 23.2 Å². The minimum atomic E-state index is -0.611. The molecule has 0 N–H and O–H groups in total. The molecule has 0 radical (unpaired) electrons. The standard InChI is InChI=1S/C16H10Cl2O3/c17-13-6-7-15(12(9-13)10-19)21-16(20)8-5-11-3-1-2-4-14(11)18/h1-10H/b8-5+. The van der Waals surface area contributed by atoms with Crippen molar-refractivity contribution in [2.45, 2.75) is 0 Å². The van der Waals surface area contributed by atoms with E-state index in [2.05, 4.69) is 0 Å². The molecule has 0 spiro atoms. The summed E-state index contributed by atoms with van der Waals surface area (Å²) in [7, 11) is 0. The second-order valence-corrected chi connectivity index (χ2v) is 4.92. The summed E-state index contributed by atoms with van der Waals surface area (Å²) in [4.78, 5) is 22.6.